The molecule has 0 saturated heterocycles. The monoisotopic (exact) mass is 242 g/mol. The Bertz CT molecular complexity index is 582. The largest absolute Gasteiger partial charge is 0.368 e. The van der Waals surface area contributed by atoms with Gasteiger partial charge < -0.3 is 5.32 Å². The maximum absolute atomic E-state index is 4.39. The molecule has 0 aliphatic heterocycles. The van der Waals surface area contributed by atoms with Crippen LogP contribution in [-0.2, 0) is 0 Å². The zero-order valence-corrected chi connectivity index (χ0v) is 10.7. The van der Waals surface area contributed by atoms with Crippen molar-refractivity contribution in [1.82, 2.24) is 14.6 Å². The van der Waals surface area contributed by atoms with E-state index in [0.717, 1.165) is 30.0 Å². The van der Waals surface area contributed by atoms with Gasteiger partial charge in [-0.05, 0) is 38.7 Å². The van der Waals surface area contributed by atoms with Crippen LogP contribution in [0.5, 0.6) is 0 Å². The van der Waals surface area contributed by atoms with E-state index in [9.17, 15) is 0 Å². The van der Waals surface area contributed by atoms with Gasteiger partial charge in [0.2, 0.25) is 0 Å². The third-order valence-corrected chi connectivity index (χ3v) is 3.39. The van der Waals surface area contributed by atoms with Crippen LogP contribution in [0.4, 0.5) is 5.82 Å². The van der Waals surface area contributed by atoms with Crippen molar-refractivity contribution in [2.75, 3.05) is 11.9 Å². The highest BCUT2D eigenvalue weighted by molar-refractivity contribution is 5.67. The van der Waals surface area contributed by atoms with Gasteiger partial charge in [0, 0.05) is 18.9 Å². The zero-order chi connectivity index (χ0) is 12.4. The maximum atomic E-state index is 4.39. The molecule has 0 aromatic carbocycles. The van der Waals surface area contributed by atoms with E-state index in [1.165, 1.54) is 19.3 Å². The molecule has 4 nitrogen and oxygen atoms in total. The summed E-state index contributed by atoms with van der Waals surface area (Å²) in [6.45, 7) is 2.95. The van der Waals surface area contributed by atoms with Crippen LogP contribution in [-0.4, -0.2) is 21.1 Å². The molecule has 0 bridgehead atoms. The van der Waals surface area contributed by atoms with Gasteiger partial charge in [0.15, 0.2) is 5.82 Å². The number of fused-ring (bicyclic) bond motifs is 1. The van der Waals surface area contributed by atoms with E-state index in [1.54, 1.807) is 11.8 Å². The molecule has 1 N–H and O–H groups in total. The lowest BCUT2D eigenvalue weighted by Gasteiger charge is -2.07. The zero-order valence-electron chi connectivity index (χ0n) is 10.7. The van der Waals surface area contributed by atoms with Crippen molar-refractivity contribution in [3.8, 4) is 0 Å². The molecule has 4 heteroatoms. The number of aryl methyl sites for hydroxylation is 1. The number of anilines is 1. The Hall–Kier alpha value is -1.84. The van der Waals surface area contributed by atoms with Crippen molar-refractivity contribution in [3.05, 3.63) is 35.8 Å². The number of aromatic nitrogens is 3. The normalized spacial score (nSPS) is 15.1. The number of nitrogens with zero attached hydrogens (tertiary/aromatic N) is 3. The minimum absolute atomic E-state index is 0.927. The van der Waals surface area contributed by atoms with Crippen molar-refractivity contribution >= 4 is 11.3 Å². The predicted molar refractivity (Wildman–Crippen MR) is 72.8 cm³/mol. The topological polar surface area (TPSA) is 42.2 Å². The maximum Gasteiger partial charge on any atom is 0.152 e. The molecular weight excluding hydrogens is 224 g/mol. The Kier molecular flexibility index (Phi) is 3.00. The van der Waals surface area contributed by atoms with E-state index >= 15 is 0 Å². The number of allylic oxidation sites excluding steroid dienone is 1. The highest BCUT2D eigenvalue weighted by atomic mass is 15.2. The minimum Gasteiger partial charge on any atom is -0.368 e. The first kappa shape index (κ1) is 11.3. The van der Waals surface area contributed by atoms with Crippen LogP contribution in [0.3, 0.4) is 0 Å². The van der Waals surface area contributed by atoms with Gasteiger partial charge in [-0.25, -0.2) is 9.50 Å². The van der Waals surface area contributed by atoms with Gasteiger partial charge in [-0.1, -0.05) is 11.6 Å². The number of hydrogen-bond donors (Lipinski definition) is 1. The Morgan fingerprint density at radius 3 is 3.22 bits per heavy atom. The Morgan fingerprint density at radius 2 is 2.39 bits per heavy atom. The summed E-state index contributed by atoms with van der Waals surface area (Å²) in [7, 11) is 0. The summed E-state index contributed by atoms with van der Waals surface area (Å²) in [6.07, 6.45) is 11.0. The van der Waals surface area contributed by atoms with E-state index in [1.807, 2.05) is 17.6 Å². The fraction of sp³-hybridized carbons (Fsp3) is 0.429. The molecule has 0 atom stereocenters. The van der Waals surface area contributed by atoms with Crippen LogP contribution < -0.4 is 5.32 Å². The first-order valence-corrected chi connectivity index (χ1v) is 6.56. The molecule has 0 spiro atoms. The standard InChI is InChI=1S/C14H18N4/c1-11-10-13-14(16-8-9-18(13)17-11)15-7-6-12-4-2-3-5-12/h4,8-10H,2-3,5-7H2,1H3,(H,15,16). The fourth-order valence-electron chi connectivity index (χ4n) is 2.49. The molecule has 2 aromatic heterocycles. The van der Waals surface area contributed by atoms with Crippen molar-refractivity contribution in [3.63, 3.8) is 0 Å². The number of hydrogen-bond acceptors (Lipinski definition) is 3. The summed E-state index contributed by atoms with van der Waals surface area (Å²) < 4.78 is 1.87. The average Bonchev–Trinajstić information content (AvgIpc) is 2.97. The molecule has 3 rings (SSSR count). The van der Waals surface area contributed by atoms with Crippen molar-refractivity contribution in [2.45, 2.75) is 32.6 Å². The SMILES string of the molecule is Cc1cc2c(NCCC3=CCCC3)nccn2n1. The van der Waals surface area contributed by atoms with E-state index in [-0.39, 0.29) is 0 Å². The van der Waals surface area contributed by atoms with Crippen LogP contribution in [0.15, 0.2) is 30.1 Å². The van der Waals surface area contributed by atoms with Crippen molar-refractivity contribution in [2.24, 2.45) is 0 Å². The van der Waals surface area contributed by atoms with Gasteiger partial charge in [0.05, 0.1) is 5.69 Å². The first-order valence-electron chi connectivity index (χ1n) is 6.56. The summed E-state index contributed by atoms with van der Waals surface area (Å²) in [4.78, 5) is 4.39. The third kappa shape index (κ3) is 2.23. The lowest BCUT2D eigenvalue weighted by molar-refractivity contribution is 0.860. The van der Waals surface area contributed by atoms with E-state index < -0.39 is 0 Å². The molecule has 94 valence electrons. The molecule has 2 aromatic rings. The van der Waals surface area contributed by atoms with Crippen molar-refractivity contribution < 1.29 is 0 Å². The molecule has 0 saturated carbocycles. The lowest BCUT2D eigenvalue weighted by atomic mass is 10.2. The fourth-order valence-corrected chi connectivity index (χ4v) is 2.49. The van der Waals surface area contributed by atoms with Crippen molar-refractivity contribution in [1.29, 1.82) is 0 Å². The molecule has 0 radical (unpaired) electrons. The van der Waals surface area contributed by atoms with Crippen LogP contribution in [0.1, 0.15) is 31.4 Å². The molecule has 0 unspecified atom stereocenters. The van der Waals surface area contributed by atoms with E-state index in [4.69, 9.17) is 0 Å². The number of nitrogens with one attached hydrogen (secondary N) is 1. The van der Waals surface area contributed by atoms with Gasteiger partial charge in [-0.15, -0.1) is 0 Å². The van der Waals surface area contributed by atoms with Gasteiger partial charge in [0.1, 0.15) is 5.52 Å². The molecule has 0 fully saturated rings. The number of rotatable bonds is 4. The predicted octanol–water partition coefficient (Wildman–Crippen LogP) is 2.95. The van der Waals surface area contributed by atoms with Gasteiger partial charge in [-0.3, -0.25) is 0 Å². The van der Waals surface area contributed by atoms with Crippen LogP contribution in [0.2, 0.25) is 0 Å². The van der Waals surface area contributed by atoms with Gasteiger partial charge in [0.25, 0.3) is 0 Å². The van der Waals surface area contributed by atoms with E-state index in [0.29, 0.717) is 0 Å². The third-order valence-electron chi connectivity index (χ3n) is 3.39. The molecule has 2 heterocycles. The second kappa shape index (κ2) is 4.80. The Morgan fingerprint density at radius 1 is 1.44 bits per heavy atom. The second-order valence-electron chi connectivity index (χ2n) is 4.82. The van der Waals surface area contributed by atoms with Gasteiger partial charge in [-0.2, -0.15) is 5.10 Å². The minimum atomic E-state index is 0.927. The summed E-state index contributed by atoms with van der Waals surface area (Å²) in [5.41, 5.74) is 3.65. The summed E-state index contributed by atoms with van der Waals surface area (Å²) in [5, 5.41) is 7.80. The summed E-state index contributed by atoms with van der Waals surface area (Å²) in [5.74, 6) is 0.927. The second-order valence-corrected chi connectivity index (χ2v) is 4.82. The average molecular weight is 242 g/mol. The van der Waals surface area contributed by atoms with Crippen LogP contribution >= 0.6 is 0 Å². The lowest BCUT2D eigenvalue weighted by Crippen LogP contribution is -2.05. The smallest absolute Gasteiger partial charge is 0.152 e. The van der Waals surface area contributed by atoms with Crippen LogP contribution in [0, 0.1) is 6.92 Å². The Labute approximate surface area is 107 Å². The van der Waals surface area contributed by atoms with E-state index in [2.05, 4.69) is 27.5 Å². The molecule has 1 aliphatic rings. The Balaban J connectivity index is 1.70. The molecule has 18 heavy (non-hydrogen) atoms. The first-order chi connectivity index (χ1) is 8.83. The highest BCUT2D eigenvalue weighted by Crippen LogP contribution is 2.21. The highest BCUT2D eigenvalue weighted by Gasteiger charge is 2.06. The molecule has 0 amide bonds. The quantitative estimate of drug-likeness (QED) is 0.838. The molecule has 1 aliphatic carbocycles. The van der Waals surface area contributed by atoms with Gasteiger partial charge >= 0.3 is 0 Å². The molecular formula is C14H18N4. The summed E-state index contributed by atoms with van der Waals surface area (Å²) in [6, 6.07) is 2.06. The van der Waals surface area contributed by atoms with Crippen LogP contribution in [0.25, 0.3) is 5.52 Å². The summed E-state index contributed by atoms with van der Waals surface area (Å²) >= 11 is 0.